The Kier molecular flexibility index (Phi) is 19.1. The molecule has 0 spiro atoms. The van der Waals surface area contributed by atoms with Crippen molar-refractivity contribution < 1.29 is 24.6 Å². The van der Waals surface area contributed by atoms with Gasteiger partial charge in [-0.3, -0.25) is 14.4 Å². The van der Waals surface area contributed by atoms with Crippen molar-refractivity contribution in [1.82, 2.24) is 5.32 Å². The highest BCUT2D eigenvalue weighted by atomic mass is 32.1. The maximum absolute atomic E-state index is 12.9. The highest BCUT2D eigenvalue weighted by Crippen LogP contribution is 2.17. The van der Waals surface area contributed by atoms with E-state index in [1.165, 1.54) is 19.3 Å². The predicted octanol–water partition coefficient (Wildman–Crippen LogP) is 3.36. The number of aliphatic hydroxyl groups is 1. The largest absolute Gasteiger partial charge is 0.481 e. The van der Waals surface area contributed by atoms with Crippen molar-refractivity contribution in [2.75, 3.05) is 12.3 Å². The fourth-order valence-electron chi connectivity index (χ4n) is 3.02. The molecule has 0 aliphatic heterocycles. The van der Waals surface area contributed by atoms with Crippen LogP contribution in [0.5, 0.6) is 0 Å². The number of carboxylic acid groups (broad SMARTS) is 1. The van der Waals surface area contributed by atoms with Crippen molar-refractivity contribution in [3.63, 3.8) is 0 Å². The number of Topliss-reactive ketones (excluding diaryl/α,β-unsaturated/α-hetero) is 1. The van der Waals surface area contributed by atoms with E-state index in [9.17, 15) is 19.5 Å². The molecule has 0 aromatic carbocycles. The van der Waals surface area contributed by atoms with E-state index in [-0.39, 0.29) is 31.6 Å². The number of unbranched alkanes of at least 4 members (excludes halogenated alkanes) is 3. The van der Waals surface area contributed by atoms with Gasteiger partial charge in [0.1, 0.15) is 0 Å². The van der Waals surface area contributed by atoms with Crippen LogP contribution in [0.3, 0.4) is 0 Å². The molecule has 0 radical (unpaired) electrons. The van der Waals surface area contributed by atoms with Crippen LogP contribution in [-0.2, 0) is 14.4 Å². The summed E-state index contributed by atoms with van der Waals surface area (Å²) in [6.07, 6.45) is 19.9. The molecule has 0 bridgehead atoms. The van der Waals surface area contributed by atoms with Gasteiger partial charge in [-0.2, -0.15) is 12.6 Å². The maximum Gasteiger partial charge on any atom is 0.303 e. The highest BCUT2D eigenvalue weighted by molar-refractivity contribution is 7.80. The number of nitrogens with one attached hydrogen (secondary N) is 1. The number of aliphatic hydroxyl groups excluding tert-OH is 1. The Labute approximate surface area is 203 Å². The molecule has 0 aliphatic rings. The molecule has 0 aliphatic carbocycles. The summed E-state index contributed by atoms with van der Waals surface area (Å²) in [5.41, 5.74) is 5.30. The standard InChI is InChI=1S/C25H40N2O5S/c1-2-3-4-5-6-7-8-9-10-11-12-13-15-20(22(28)16-14-17-24(30)31)25(32)21(19-33)27-23(29)18-26/h6-7,9-13,15,20-22,28,33H,2-5,8,14,16-19,26H2,1H3,(H,27,29)(H,30,31)/b7-6?,10-9?,12-11-,15-13+/t20-,21?,22+/m1/s1. The average Bonchev–Trinajstić information content (AvgIpc) is 2.79. The Morgan fingerprint density at radius 2 is 1.76 bits per heavy atom. The molecule has 7 nitrogen and oxygen atoms in total. The second-order valence-corrected chi connectivity index (χ2v) is 8.05. The lowest BCUT2D eigenvalue weighted by molar-refractivity contribution is -0.137. The summed E-state index contributed by atoms with van der Waals surface area (Å²) in [4.78, 5) is 35.3. The normalized spacial score (nSPS) is 14.9. The number of carbonyl (C=O) groups excluding carboxylic acids is 2. The summed E-state index contributed by atoms with van der Waals surface area (Å²) in [5.74, 6) is -2.71. The molecule has 0 rings (SSSR count). The second kappa shape index (κ2) is 20.4. The van der Waals surface area contributed by atoms with Gasteiger partial charge >= 0.3 is 5.97 Å². The molecule has 186 valence electrons. The summed E-state index contributed by atoms with van der Waals surface area (Å²) < 4.78 is 0. The Bertz CT molecular complexity index is 688. The fourth-order valence-corrected chi connectivity index (χ4v) is 3.29. The van der Waals surface area contributed by atoms with Gasteiger partial charge in [-0.15, -0.1) is 0 Å². The number of thiol groups is 1. The predicted molar refractivity (Wildman–Crippen MR) is 136 cm³/mol. The van der Waals surface area contributed by atoms with E-state index in [4.69, 9.17) is 10.8 Å². The Morgan fingerprint density at radius 1 is 1.03 bits per heavy atom. The number of allylic oxidation sites excluding steroid dienone is 7. The molecule has 0 saturated heterocycles. The number of rotatable bonds is 19. The number of hydrogen-bond acceptors (Lipinski definition) is 6. The van der Waals surface area contributed by atoms with Crippen LogP contribution in [0.2, 0.25) is 0 Å². The minimum atomic E-state index is -1.08. The van der Waals surface area contributed by atoms with Gasteiger partial charge in [0, 0.05) is 12.2 Å². The number of ketones is 1. The van der Waals surface area contributed by atoms with Crippen molar-refractivity contribution in [3.05, 3.63) is 48.6 Å². The molecular formula is C25H40N2O5S. The third kappa shape index (κ3) is 16.2. The zero-order chi connectivity index (χ0) is 24.9. The van der Waals surface area contributed by atoms with E-state index in [0.717, 1.165) is 12.8 Å². The highest BCUT2D eigenvalue weighted by Gasteiger charge is 2.30. The van der Waals surface area contributed by atoms with Crippen LogP contribution in [0.4, 0.5) is 0 Å². The molecule has 1 unspecified atom stereocenters. The first kappa shape index (κ1) is 30.8. The molecule has 1 amide bonds. The zero-order valence-electron chi connectivity index (χ0n) is 19.6. The van der Waals surface area contributed by atoms with Crippen LogP contribution in [0.25, 0.3) is 0 Å². The third-order valence-electron chi connectivity index (χ3n) is 4.88. The van der Waals surface area contributed by atoms with Crippen molar-refractivity contribution >= 4 is 30.3 Å². The molecule has 8 heteroatoms. The number of hydrogen-bond donors (Lipinski definition) is 5. The van der Waals surface area contributed by atoms with E-state index in [1.807, 2.05) is 18.2 Å². The molecule has 0 fully saturated rings. The summed E-state index contributed by atoms with van der Waals surface area (Å²) in [5, 5.41) is 21.8. The summed E-state index contributed by atoms with van der Waals surface area (Å²) in [6, 6.07) is -0.902. The van der Waals surface area contributed by atoms with Crippen molar-refractivity contribution in [3.8, 4) is 0 Å². The molecule has 33 heavy (non-hydrogen) atoms. The molecule has 5 N–H and O–H groups in total. The van der Waals surface area contributed by atoms with Crippen LogP contribution in [0.15, 0.2) is 48.6 Å². The lowest BCUT2D eigenvalue weighted by Gasteiger charge is -2.24. The van der Waals surface area contributed by atoms with Gasteiger partial charge in [0.2, 0.25) is 5.91 Å². The lowest BCUT2D eigenvalue weighted by Crippen LogP contribution is -2.48. The number of nitrogens with two attached hydrogens (primary N) is 1. The van der Waals surface area contributed by atoms with Gasteiger partial charge in [-0.1, -0.05) is 68.4 Å². The van der Waals surface area contributed by atoms with Gasteiger partial charge < -0.3 is 21.3 Å². The zero-order valence-corrected chi connectivity index (χ0v) is 20.5. The van der Waals surface area contributed by atoms with Gasteiger partial charge in [-0.05, 0) is 32.1 Å². The van der Waals surface area contributed by atoms with Gasteiger partial charge in [0.05, 0.1) is 24.6 Å². The first-order valence-corrected chi connectivity index (χ1v) is 12.2. The molecular weight excluding hydrogens is 440 g/mol. The minimum absolute atomic E-state index is 0.0568. The molecule has 0 saturated carbocycles. The van der Waals surface area contributed by atoms with Crippen molar-refractivity contribution in [1.29, 1.82) is 0 Å². The molecule has 0 aromatic rings. The van der Waals surface area contributed by atoms with Crippen LogP contribution in [0.1, 0.15) is 58.3 Å². The quantitative estimate of drug-likeness (QED) is 0.0834. The van der Waals surface area contributed by atoms with E-state index in [1.54, 1.807) is 18.2 Å². The first-order valence-electron chi connectivity index (χ1n) is 11.6. The average molecular weight is 481 g/mol. The van der Waals surface area contributed by atoms with Crippen LogP contribution < -0.4 is 11.1 Å². The van der Waals surface area contributed by atoms with E-state index in [0.29, 0.717) is 0 Å². The summed E-state index contributed by atoms with van der Waals surface area (Å²) in [6.45, 7) is 1.92. The van der Waals surface area contributed by atoms with Gasteiger partial charge in [0.25, 0.3) is 0 Å². The number of carbonyl (C=O) groups is 3. The van der Waals surface area contributed by atoms with E-state index < -0.39 is 35.7 Å². The lowest BCUT2D eigenvalue weighted by atomic mass is 9.89. The topological polar surface area (TPSA) is 130 Å². The molecule has 0 heterocycles. The van der Waals surface area contributed by atoms with Crippen LogP contribution >= 0.6 is 12.6 Å². The molecule has 0 aromatic heterocycles. The van der Waals surface area contributed by atoms with Crippen LogP contribution in [-0.4, -0.2) is 52.3 Å². The number of aliphatic carboxylic acids is 1. The summed E-state index contributed by atoms with van der Waals surface area (Å²) >= 11 is 4.13. The summed E-state index contributed by atoms with van der Waals surface area (Å²) in [7, 11) is 0. The van der Waals surface area contributed by atoms with Gasteiger partial charge in [0.15, 0.2) is 5.78 Å². The SMILES string of the molecule is CCCCCC=CCC=C/C=C\C=C\[C@@H](C(=O)C(CS)NC(=O)CN)[C@@H](O)CCCC(=O)O. The smallest absolute Gasteiger partial charge is 0.303 e. The second-order valence-electron chi connectivity index (χ2n) is 7.69. The Hall–Kier alpha value is -2.16. The van der Waals surface area contributed by atoms with E-state index in [2.05, 4.69) is 37.0 Å². The fraction of sp³-hybridized carbons (Fsp3) is 0.560. The maximum atomic E-state index is 12.9. The van der Waals surface area contributed by atoms with E-state index >= 15 is 0 Å². The van der Waals surface area contributed by atoms with Crippen molar-refractivity contribution in [2.24, 2.45) is 11.7 Å². The Balaban J connectivity index is 4.99. The Morgan fingerprint density at radius 3 is 2.39 bits per heavy atom. The third-order valence-corrected chi connectivity index (χ3v) is 5.25. The monoisotopic (exact) mass is 480 g/mol. The number of carboxylic acids is 1. The minimum Gasteiger partial charge on any atom is -0.481 e. The number of amides is 1. The van der Waals surface area contributed by atoms with Gasteiger partial charge in [-0.25, -0.2) is 0 Å². The van der Waals surface area contributed by atoms with Crippen molar-refractivity contribution in [2.45, 2.75) is 70.4 Å². The first-order chi connectivity index (χ1) is 15.9. The van der Waals surface area contributed by atoms with Crippen LogP contribution in [0, 0.1) is 5.92 Å². The molecule has 3 atom stereocenters.